The first kappa shape index (κ1) is 44.4. The zero-order valence-electron chi connectivity index (χ0n) is 40.9. The Morgan fingerprint density at radius 3 is 1.71 bits per heavy atom. The van der Waals surface area contributed by atoms with Crippen molar-refractivity contribution in [3.8, 4) is 11.1 Å². The quantitative estimate of drug-likeness (QED) is 0.0872. The topological polar surface area (TPSA) is 3.24 Å². The molecule has 4 aliphatic carbocycles. The van der Waals surface area contributed by atoms with Crippen LogP contribution in [0.1, 0.15) is 77.5 Å². The number of anilines is 2. The molecule has 4 aliphatic rings. The van der Waals surface area contributed by atoms with Crippen molar-refractivity contribution < 1.29 is 0 Å². The highest BCUT2D eigenvalue weighted by atomic mass is 32.1. The van der Waals surface area contributed by atoms with Crippen molar-refractivity contribution in [3.63, 3.8) is 0 Å². The maximum atomic E-state index is 4.25. The first-order valence-electron chi connectivity index (χ1n) is 25.1. The van der Waals surface area contributed by atoms with Crippen molar-refractivity contribution >= 4 is 66.0 Å². The third-order valence-electron chi connectivity index (χ3n) is 16.4. The summed E-state index contributed by atoms with van der Waals surface area (Å²) in [5, 5.41) is 2.72. The molecule has 3 heteroatoms. The van der Waals surface area contributed by atoms with Crippen LogP contribution in [-0.2, 0) is 5.41 Å². The number of para-hydroxylation sites is 2. The Balaban J connectivity index is 0.905. The summed E-state index contributed by atoms with van der Waals surface area (Å²) in [6, 6.07) is 55.5. The van der Waals surface area contributed by atoms with Crippen LogP contribution < -0.4 is 21.3 Å². The van der Waals surface area contributed by atoms with Crippen LogP contribution in [0.25, 0.3) is 31.3 Å². The van der Waals surface area contributed by atoms with Crippen molar-refractivity contribution in [2.24, 2.45) is 17.3 Å². The van der Waals surface area contributed by atoms with E-state index in [0.29, 0.717) is 0 Å². The fraction of sp³-hybridized carbons (Fsp3) is 0.262. The summed E-state index contributed by atoms with van der Waals surface area (Å²) in [5.74, 6) is 1.53. The van der Waals surface area contributed by atoms with Crippen molar-refractivity contribution in [1.29, 1.82) is 0 Å². The van der Waals surface area contributed by atoms with E-state index in [-0.39, 0.29) is 17.5 Å². The van der Waals surface area contributed by atoms with Crippen molar-refractivity contribution in [1.82, 2.24) is 0 Å². The number of benzene rings is 7. The van der Waals surface area contributed by atoms with E-state index in [1.807, 2.05) is 17.4 Å². The van der Waals surface area contributed by atoms with E-state index < -0.39 is 0 Å². The predicted octanol–water partition coefficient (Wildman–Crippen LogP) is 15.4. The lowest BCUT2D eigenvalue weighted by atomic mass is 9.34. The lowest BCUT2D eigenvalue weighted by molar-refractivity contribution is -0.0499. The SMILES string of the molecule is C=C/C=C(\C=C/CN(c1ccccc1)c1ccccc1)C12CC3CC(C1)CC(c1ccc(-c4ccc5sc6ccc(B(c7c(C)cc(C)cc7C)c7c(C)cc(C)cc7C)cc6c5c4)cc1)(C3)C2. The molecule has 1 nitrogen and oxygen atoms in total. The summed E-state index contributed by atoms with van der Waals surface area (Å²) < 4.78 is 2.70. The summed E-state index contributed by atoms with van der Waals surface area (Å²) in [6.45, 7) is 18.9. The normalized spacial score (nSPS) is 21.0. The molecule has 4 saturated carbocycles. The number of rotatable bonds is 12. The fourth-order valence-electron chi connectivity index (χ4n) is 14.3. The number of nitrogens with zero attached hydrogens (tertiary/aromatic N) is 1. The number of allylic oxidation sites excluding steroid dienone is 4. The Labute approximate surface area is 410 Å². The highest BCUT2D eigenvalue weighted by Crippen LogP contribution is 2.68. The lowest BCUT2D eigenvalue weighted by Crippen LogP contribution is -2.55. The van der Waals surface area contributed by atoms with E-state index in [0.717, 1.165) is 18.4 Å². The molecule has 68 heavy (non-hydrogen) atoms. The van der Waals surface area contributed by atoms with Gasteiger partial charge in [0.15, 0.2) is 0 Å². The van der Waals surface area contributed by atoms with Crippen LogP contribution in [-0.4, -0.2) is 13.3 Å². The van der Waals surface area contributed by atoms with Gasteiger partial charge in [-0.15, -0.1) is 11.3 Å². The van der Waals surface area contributed by atoms with Gasteiger partial charge in [0.2, 0.25) is 6.71 Å². The predicted molar refractivity (Wildman–Crippen MR) is 297 cm³/mol. The van der Waals surface area contributed by atoms with Gasteiger partial charge in [-0.25, -0.2) is 0 Å². The minimum absolute atomic E-state index is 0.152. The third kappa shape index (κ3) is 8.01. The van der Waals surface area contributed by atoms with Crippen LogP contribution in [0.4, 0.5) is 11.4 Å². The Hall–Kier alpha value is -6.16. The van der Waals surface area contributed by atoms with Crippen molar-refractivity contribution in [2.45, 2.75) is 85.5 Å². The zero-order chi connectivity index (χ0) is 46.7. The highest BCUT2D eigenvalue weighted by molar-refractivity contribution is 7.25. The van der Waals surface area contributed by atoms with Gasteiger partial charge in [0.25, 0.3) is 0 Å². The first-order chi connectivity index (χ1) is 33.0. The molecule has 1 heterocycles. The van der Waals surface area contributed by atoms with Crippen molar-refractivity contribution in [3.05, 3.63) is 221 Å². The second-order valence-electron chi connectivity index (χ2n) is 21.3. The van der Waals surface area contributed by atoms with Gasteiger partial charge in [0, 0.05) is 32.7 Å². The molecule has 4 bridgehead atoms. The number of hydrogen-bond acceptors (Lipinski definition) is 2. The van der Waals surface area contributed by atoms with Gasteiger partial charge in [-0.3, -0.25) is 0 Å². The van der Waals surface area contributed by atoms with E-state index in [4.69, 9.17) is 0 Å². The molecule has 2 unspecified atom stereocenters. The summed E-state index contributed by atoms with van der Waals surface area (Å²) in [4.78, 5) is 2.41. The maximum absolute atomic E-state index is 4.25. The summed E-state index contributed by atoms with van der Waals surface area (Å²) in [7, 11) is 0. The van der Waals surface area contributed by atoms with Gasteiger partial charge < -0.3 is 4.90 Å². The molecule has 0 aliphatic heterocycles. The van der Waals surface area contributed by atoms with Gasteiger partial charge in [-0.05, 0) is 173 Å². The molecule has 338 valence electrons. The van der Waals surface area contributed by atoms with E-state index in [1.54, 1.807) is 5.56 Å². The Morgan fingerprint density at radius 2 is 1.15 bits per heavy atom. The molecule has 0 N–H and O–H groups in total. The van der Waals surface area contributed by atoms with Crippen LogP contribution in [0.15, 0.2) is 182 Å². The number of thiophene rings is 1. The van der Waals surface area contributed by atoms with Gasteiger partial charge in [0.05, 0.1) is 0 Å². The molecule has 4 fully saturated rings. The average Bonchev–Trinajstić information content (AvgIpc) is 3.69. The molecule has 8 aromatic rings. The van der Waals surface area contributed by atoms with Crippen molar-refractivity contribution in [2.75, 3.05) is 11.4 Å². The molecule has 12 rings (SSSR count). The molecule has 0 radical (unpaired) electrons. The van der Waals surface area contributed by atoms with Crippen LogP contribution in [0, 0.1) is 58.8 Å². The second kappa shape index (κ2) is 17.7. The summed E-state index contributed by atoms with van der Waals surface area (Å²) >= 11 is 1.92. The van der Waals surface area contributed by atoms with Gasteiger partial charge in [0.1, 0.15) is 0 Å². The molecule has 0 spiro atoms. The standard InChI is InChI=1S/C65H64BNS/c1-8-16-53(17-15-30-67(56-18-11-9-12-19-56)57-20-13-10-14-21-57)64-38-49-35-50(39-64)41-65(40-49,42-64)54-25-22-51(23-26-54)52-24-28-60-58(36-52)59-37-55(27-29-61(59)68-60)66(62-45(4)31-43(2)32-46(62)5)63-47(6)33-44(3)34-48(63)7/h8-29,31-34,36-37,49-50H,1,30,35,38-42H2,2-7H3/b17-15-,53-16+. The first-order valence-corrected chi connectivity index (χ1v) is 25.9. The minimum Gasteiger partial charge on any atom is -0.338 e. The monoisotopic (exact) mass is 901 g/mol. The molecular formula is C65H64BNS. The molecule has 7 aromatic carbocycles. The van der Waals surface area contributed by atoms with Gasteiger partial charge in [-0.1, -0.05) is 184 Å². The lowest BCUT2D eigenvalue weighted by Gasteiger charge is -2.63. The molecule has 0 saturated heterocycles. The summed E-state index contributed by atoms with van der Waals surface area (Å²) in [5.41, 5.74) is 20.8. The smallest absolute Gasteiger partial charge is 0.242 e. The van der Waals surface area contributed by atoms with Crippen LogP contribution in [0.2, 0.25) is 0 Å². The molecule has 0 amide bonds. The minimum atomic E-state index is 0.152. The average molecular weight is 902 g/mol. The molecular weight excluding hydrogens is 838 g/mol. The van der Waals surface area contributed by atoms with Gasteiger partial charge >= 0.3 is 0 Å². The number of fused-ring (bicyclic) bond motifs is 3. The van der Waals surface area contributed by atoms with Crippen LogP contribution >= 0.6 is 11.3 Å². The zero-order valence-corrected chi connectivity index (χ0v) is 41.7. The van der Waals surface area contributed by atoms with E-state index in [2.05, 4.69) is 217 Å². The highest BCUT2D eigenvalue weighted by Gasteiger charge is 2.58. The second-order valence-corrected chi connectivity index (χ2v) is 22.4. The van der Waals surface area contributed by atoms with Crippen LogP contribution in [0.5, 0.6) is 0 Å². The van der Waals surface area contributed by atoms with E-state index >= 15 is 0 Å². The van der Waals surface area contributed by atoms with Crippen LogP contribution in [0.3, 0.4) is 0 Å². The molecule has 2 atom stereocenters. The largest absolute Gasteiger partial charge is 0.338 e. The summed E-state index contributed by atoms with van der Waals surface area (Å²) in [6.07, 6.45) is 17.1. The van der Waals surface area contributed by atoms with E-state index in [9.17, 15) is 0 Å². The Bertz CT molecular complexity index is 3100. The third-order valence-corrected chi connectivity index (χ3v) is 17.6. The van der Waals surface area contributed by atoms with E-state index in [1.165, 1.54) is 137 Å². The Kier molecular flexibility index (Phi) is 11.6. The fourth-order valence-corrected chi connectivity index (χ4v) is 15.3. The number of hydrogen-bond donors (Lipinski definition) is 0. The van der Waals surface area contributed by atoms with Gasteiger partial charge in [-0.2, -0.15) is 0 Å². The Morgan fingerprint density at radius 1 is 0.618 bits per heavy atom. The number of aryl methyl sites for hydroxylation is 6. The maximum Gasteiger partial charge on any atom is 0.242 e. The molecule has 1 aromatic heterocycles.